The van der Waals surface area contributed by atoms with Crippen molar-refractivity contribution in [1.29, 1.82) is 0 Å². The molecule has 0 radical (unpaired) electrons. The molecule has 1 unspecified atom stereocenters. The van der Waals surface area contributed by atoms with E-state index in [1.165, 1.54) is 0 Å². The first kappa shape index (κ1) is 12.4. The molecule has 2 rings (SSSR count). The summed E-state index contributed by atoms with van der Waals surface area (Å²) >= 11 is 0. The van der Waals surface area contributed by atoms with Gasteiger partial charge in [0.15, 0.2) is 0 Å². The Morgan fingerprint density at radius 1 is 1.67 bits per heavy atom. The molecule has 18 heavy (non-hydrogen) atoms. The summed E-state index contributed by atoms with van der Waals surface area (Å²) in [5, 5.41) is 7.74. The van der Waals surface area contributed by atoms with Crippen molar-refractivity contribution in [2.24, 2.45) is 11.0 Å². The van der Waals surface area contributed by atoms with E-state index in [9.17, 15) is 4.79 Å². The second kappa shape index (κ2) is 5.55. The molecule has 0 aromatic carbocycles. The molecular formula is C11H16N6O. The van der Waals surface area contributed by atoms with Crippen molar-refractivity contribution in [2.75, 3.05) is 18.0 Å². The summed E-state index contributed by atoms with van der Waals surface area (Å²) in [4.78, 5) is 16.3. The minimum absolute atomic E-state index is 0.0733. The van der Waals surface area contributed by atoms with Crippen LogP contribution in [0.4, 0.5) is 5.69 Å². The van der Waals surface area contributed by atoms with Gasteiger partial charge in [-0.2, -0.15) is 5.10 Å². The van der Waals surface area contributed by atoms with Gasteiger partial charge in [0.05, 0.1) is 11.9 Å². The zero-order valence-corrected chi connectivity index (χ0v) is 10.4. The number of hydrogen-bond donors (Lipinski definition) is 0. The third-order valence-corrected chi connectivity index (χ3v) is 2.99. The molecule has 1 amide bonds. The highest BCUT2D eigenvalue weighted by Crippen LogP contribution is 2.24. The van der Waals surface area contributed by atoms with Crippen LogP contribution in [0, 0.1) is 5.92 Å². The van der Waals surface area contributed by atoms with Crippen LogP contribution in [-0.2, 0) is 11.3 Å². The molecule has 1 aliphatic rings. The highest BCUT2D eigenvalue weighted by atomic mass is 16.2. The van der Waals surface area contributed by atoms with Crippen molar-refractivity contribution in [3.63, 3.8) is 0 Å². The van der Waals surface area contributed by atoms with Gasteiger partial charge in [-0.25, -0.2) is 0 Å². The minimum atomic E-state index is 0.0733. The summed E-state index contributed by atoms with van der Waals surface area (Å²) in [6.07, 6.45) is 5.05. The van der Waals surface area contributed by atoms with E-state index in [-0.39, 0.29) is 11.8 Å². The number of rotatable bonds is 5. The molecule has 1 aliphatic heterocycles. The SMILES string of the molecule is CCCn1cc(N2CC(CN=[N+]=[N-])CC2=O)cn1. The van der Waals surface area contributed by atoms with Gasteiger partial charge in [-0.1, -0.05) is 12.0 Å². The summed E-state index contributed by atoms with van der Waals surface area (Å²) in [7, 11) is 0. The molecule has 2 heterocycles. The van der Waals surface area contributed by atoms with Crippen LogP contribution in [0.25, 0.3) is 10.4 Å². The lowest BCUT2D eigenvalue weighted by Crippen LogP contribution is -2.24. The molecule has 0 bridgehead atoms. The predicted octanol–water partition coefficient (Wildman–Crippen LogP) is 1.96. The van der Waals surface area contributed by atoms with Crippen LogP contribution in [0.1, 0.15) is 19.8 Å². The van der Waals surface area contributed by atoms with Crippen LogP contribution in [0.15, 0.2) is 17.5 Å². The van der Waals surface area contributed by atoms with Gasteiger partial charge in [-0.05, 0) is 17.9 Å². The topological polar surface area (TPSA) is 86.9 Å². The van der Waals surface area contributed by atoms with Crippen LogP contribution in [-0.4, -0.2) is 28.8 Å². The minimum Gasteiger partial charge on any atom is -0.309 e. The fourth-order valence-electron chi connectivity index (χ4n) is 2.15. The lowest BCUT2D eigenvalue weighted by Gasteiger charge is -2.13. The largest absolute Gasteiger partial charge is 0.309 e. The van der Waals surface area contributed by atoms with Gasteiger partial charge in [0.2, 0.25) is 5.91 Å². The van der Waals surface area contributed by atoms with Crippen LogP contribution in [0.3, 0.4) is 0 Å². The maximum absolute atomic E-state index is 11.9. The Labute approximate surface area is 105 Å². The zero-order valence-electron chi connectivity index (χ0n) is 10.4. The third-order valence-electron chi connectivity index (χ3n) is 2.99. The average molecular weight is 248 g/mol. The highest BCUT2D eigenvalue weighted by molar-refractivity contribution is 5.95. The summed E-state index contributed by atoms with van der Waals surface area (Å²) in [5.41, 5.74) is 9.11. The monoisotopic (exact) mass is 248 g/mol. The molecule has 0 aliphatic carbocycles. The van der Waals surface area contributed by atoms with Gasteiger partial charge in [0.1, 0.15) is 0 Å². The molecule has 1 saturated heterocycles. The van der Waals surface area contributed by atoms with Crippen LogP contribution >= 0.6 is 0 Å². The normalized spacial score (nSPS) is 19.1. The second-order valence-electron chi connectivity index (χ2n) is 4.45. The van der Waals surface area contributed by atoms with E-state index in [1.54, 1.807) is 11.1 Å². The van der Waals surface area contributed by atoms with Crippen molar-refractivity contribution in [3.8, 4) is 0 Å². The second-order valence-corrected chi connectivity index (χ2v) is 4.45. The molecular weight excluding hydrogens is 232 g/mol. The molecule has 1 fully saturated rings. The molecule has 1 atom stereocenters. The number of carbonyl (C=O) groups is 1. The molecule has 96 valence electrons. The molecule has 1 aromatic rings. The van der Waals surface area contributed by atoms with Crippen molar-refractivity contribution in [1.82, 2.24) is 9.78 Å². The maximum Gasteiger partial charge on any atom is 0.227 e. The molecule has 0 spiro atoms. The van der Waals surface area contributed by atoms with Gasteiger partial charge in [0, 0.05) is 37.2 Å². The Morgan fingerprint density at radius 3 is 3.22 bits per heavy atom. The average Bonchev–Trinajstić information content (AvgIpc) is 2.94. The van der Waals surface area contributed by atoms with Gasteiger partial charge in [-0.15, -0.1) is 0 Å². The van der Waals surface area contributed by atoms with Crippen LogP contribution in [0.2, 0.25) is 0 Å². The number of hydrogen-bond acceptors (Lipinski definition) is 3. The van der Waals surface area contributed by atoms with E-state index < -0.39 is 0 Å². The Kier molecular flexibility index (Phi) is 3.84. The van der Waals surface area contributed by atoms with Crippen molar-refractivity contribution in [2.45, 2.75) is 26.3 Å². The van der Waals surface area contributed by atoms with E-state index in [2.05, 4.69) is 22.0 Å². The summed E-state index contributed by atoms with van der Waals surface area (Å²) in [6, 6.07) is 0. The first-order valence-electron chi connectivity index (χ1n) is 6.08. The predicted molar refractivity (Wildman–Crippen MR) is 67.0 cm³/mol. The number of aryl methyl sites for hydroxylation is 1. The quantitative estimate of drug-likeness (QED) is 0.453. The standard InChI is InChI=1S/C11H16N6O/c1-2-3-16-8-10(6-14-16)17-7-9(4-11(17)18)5-13-15-12/h6,8-9H,2-5,7H2,1H3. The smallest absolute Gasteiger partial charge is 0.227 e. The van der Waals surface area contributed by atoms with Crippen LogP contribution < -0.4 is 4.90 Å². The molecule has 0 N–H and O–H groups in total. The van der Waals surface area contributed by atoms with E-state index in [1.807, 2.05) is 10.9 Å². The number of amides is 1. The summed E-state index contributed by atoms with van der Waals surface area (Å²) in [6.45, 7) is 3.92. The maximum atomic E-state index is 11.9. The van der Waals surface area contributed by atoms with Crippen molar-refractivity contribution in [3.05, 3.63) is 22.8 Å². The number of azide groups is 1. The van der Waals surface area contributed by atoms with Gasteiger partial charge < -0.3 is 4.90 Å². The Balaban J connectivity index is 2.04. The van der Waals surface area contributed by atoms with Crippen LogP contribution in [0.5, 0.6) is 0 Å². The molecule has 7 heteroatoms. The van der Waals surface area contributed by atoms with Gasteiger partial charge >= 0.3 is 0 Å². The zero-order chi connectivity index (χ0) is 13.0. The Morgan fingerprint density at radius 2 is 2.50 bits per heavy atom. The Bertz CT molecular complexity index is 476. The van der Waals surface area contributed by atoms with E-state index >= 15 is 0 Å². The number of aromatic nitrogens is 2. The fraction of sp³-hybridized carbons (Fsp3) is 0.636. The van der Waals surface area contributed by atoms with Crippen molar-refractivity contribution < 1.29 is 4.79 Å². The Hall–Kier alpha value is -2.01. The van der Waals surface area contributed by atoms with E-state index in [4.69, 9.17) is 5.53 Å². The van der Waals surface area contributed by atoms with E-state index in [0.717, 1.165) is 18.7 Å². The lowest BCUT2D eigenvalue weighted by molar-refractivity contribution is -0.117. The number of anilines is 1. The van der Waals surface area contributed by atoms with Gasteiger partial charge in [0.25, 0.3) is 0 Å². The number of nitrogens with zero attached hydrogens (tertiary/aromatic N) is 6. The third kappa shape index (κ3) is 2.62. The first-order chi connectivity index (χ1) is 8.74. The molecule has 7 nitrogen and oxygen atoms in total. The lowest BCUT2D eigenvalue weighted by atomic mass is 10.1. The van der Waals surface area contributed by atoms with Crippen molar-refractivity contribution >= 4 is 11.6 Å². The summed E-state index contributed by atoms with van der Waals surface area (Å²) in [5.74, 6) is 0.187. The fourth-order valence-corrected chi connectivity index (χ4v) is 2.15. The first-order valence-corrected chi connectivity index (χ1v) is 6.08. The van der Waals surface area contributed by atoms with E-state index in [0.29, 0.717) is 19.5 Å². The molecule has 0 saturated carbocycles. The summed E-state index contributed by atoms with van der Waals surface area (Å²) < 4.78 is 1.84. The number of carbonyl (C=O) groups excluding carboxylic acids is 1. The molecule has 1 aromatic heterocycles. The highest BCUT2D eigenvalue weighted by Gasteiger charge is 2.30. The van der Waals surface area contributed by atoms with Gasteiger partial charge in [-0.3, -0.25) is 9.48 Å².